The summed E-state index contributed by atoms with van der Waals surface area (Å²) in [6, 6.07) is 23.2. The summed E-state index contributed by atoms with van der Waals surface area (Å²) in [6.45, 7) is 0. The van der Waals surface area contributed by atoms with Crippen LogP contribution in [-0.2, 0) is 0 Å². The van der Waals surface area contributed by atoms with Crippen molar-refractivity contribution < 1.29 is 4.79 Å². The van der Waals surface area contributed by atoms with Crippen molar-refractivity contribution in [2.24, 2.45) is 5.10 Å². The third-order valence-corrected chi connectivity index (χ3v) is 4.05. The lowest BCUT2D eigenvalue weighted by atomic mass is 10.0. The molecule has 0 aliphatic carbocycles. The number of para-hydroxylation sites is 1. The number of pyridine rings is 1. The number of hydrogen-bond acceptors (Lipinski definition) is 3. The van der Waals surface area contributed by atoms with E-state index in [1.165, 1.54) is 6.21 Å². The molecule has 0 bridgehead atoms. The van der Waals surface area contributed by atoms with Crippen molar-refractivity contribution in [1.29, 1.82) is 0 Å². The first-order chi connectivity index (χ1) is 12.8. The second-order valence-electron chi connectivity index (χ2n) is 5.74. The van der Waals surface area contributed by atoms with Crippen molar-refractivity contribution in [2.45, 2.75) is 0 Å². The molecular weight excluding hydrogens is 324 g/mol. The number of benzene rings is 2. The van der Waals surface area contributed by atoms with Crippen molar-refractivity contribution in [3.63, 3.8) is 0 Å². The molecule has 2 aromatic heterocycles. The normalized spacial score (nSPS) is 11.1. The van der Waals surface area contributed by atoms with Crippen LogP contribution in [0.3, 0.4) is 0 Å². The van der Waals surface area contributed by atoms with E-state index >= 15 is 0 Å². The average molecular weight is 340 g/mol. The van der Waals surface area contributed by atoms with E-state index in [-0.39, 0.29) is 5.91 Å². The van der Waals surface area contributed by atoms with Crippen LogP contribution < -0.4 is 5.43 Å². The predicted octanol–water partition coefficient (Wildman–Crippen LogP) is 3.99. The molecule has 2 heterocycles. The molecule has 126 valence electrons. The molecule has 0 unspecified atom stereocenters. The van der Waals surface area contributed by atoms with E-state index in [2.05, 4.69) is 20.5 Å². The van der Waals surface area contributed by atoms with Gasteiger partial charge in [0.25, 0.3) is 5.91 Å². The summed E-state index contributed by atoms with van der Waals surface area (Å²) in [4.78, 5) is 20.1. The van der Waals surface area contributed by atoms with Crippen LogP contribution in [-0.4, -0.2) is 22.1 Å². The fraction of sp³-hybridized carbons (Fsp3) is 0. The van der Waals surface area contributed by atoms with E-state index in [1.807, 2.05) is 72.8 Å². The van der Waals surface area contributed by atoms with Gasteiger partial charge >= 0.3 is 0 Å². The van der Waals surface area contributed by atoms with E-state index < -0.39 is 0 Å². The summed E-state index contributed by atoms with van der Waals surface area (Å²) in [5.74, 6) is -0.299. The summed E-state index contributed by atoms with van der Waals surface area (Å²) in [5.41, 5.74) is 6.48. The lowest BCUT2D eigenvalue weighted by molar-refractivity contribution is 0.0951. The first-order valence-electron chi connectivity index (χ1n) is 8.23. The highest BCUT2D eigenvalue weighted by molar-refractivity contribution is 6.09. The van der Waals surface area contributed by atoms with Crippen LogP contribution in [0.1, 0.15) is 16.2 Å². The molecule has 26 heavy (non-hydrogen) atoms. The Morgan fingerprint density at radius 3 is 2.54 bits per heavy atom. The Morgan fingerprint density at radius 1 is 0.962 bits per heavy atom. The van der Waals surface area contributed by atoms with Gasteiger partial charge in [0.15, 0.2) is 0 Å². The van der Waals surface area contributed by atoms with E-state index in [1.54, 1.807) is 6.20 Å². The van der Waals surface area contributed by atoms with Crippen LogP contribution in [0.4, 0.5) is 0 Å². The average Bonchev–Trinajstić information content (AvgIpc) is 3.09. The van der Waals surface area contributed by atoms with Crippen molar-refractivity contribution in [1.82, 2.24) is 15.4 Å². The highest BCUT2D eigenvalue weighted by Crippen LogP contribution is 2.32. The van der Waals surface area contributed by atoms with Gasteiger partial charge in [-0.1, -0.05) is 54.6 Å². The number of nitrogens with one attached hydrogen (secondary N) is 2. The molecule has 5 nitrogen and oxygen atoms in total. The van der Waals surface area contributed by atoms with E-state index in [9.17, 15) is 4.79 Å². The molecule has 0 saturated heterocycles. The van der Waals surface area contributed by atoms with Crippen molar-refractivity contribution in [3.05, 3.63) is 90.4 Å². The molecule has 0 saturated carbocycles. The summed E-state index contributed by atoms with van der Waals surface area (Å²) in [5, 5.41) is 5.01. The zero-order valence-corrected chi connectivity index (χ0v) is 13.9. The summed E-state index contributed by atoms with van der Waals surface area (Å²) >= 11 is 0. The number of hydrazone groups is 1. The zero-order chi connectivity index (χ0) is 17.8. The van der Waals surface area contributed by atoms with Crippen molar-refractivity contribution in [2.75, 3.05) is 0 Å². The Labute approximate surface area is 150 Å². The number of H-pyrrole nitrogens is 1. The third kappa shape index (κ3) is 3.10. The Morgan fingerprint density at radius 2 is 1.73 bits per heavy atom. The van der Waals surface area contributed by atoms with Crippen LogP contribution in [0.25, 0.3) is 22.0 Å². The lowest BCUT2D eigenvalue weighted by Crippen LogP contribution is -2.19. The first-order valence-corrected chi connectivity index (χ1v) is 8.23. The number of aromatic nitrogens is 2. The Hall–Kier alpha value is -3.73. The van der Waals surface area contributed by atoms with E-state index in [0.29, 0.717) is 11.4 Å². The second-order valence-corrected chi connectivity index (χ2v) is 5.74. The number of amides is 1. The minimum absolute atomic E-state index is 0.299. The maximum Gasteiger partial charge on any atom is 0.288 e. The molecule has 5 heteroatoms. The standard InChI is InChI=1S/C21H16N4O/c26-21(25-23-14-16-10-6-7-13-22-16)20-19(15-8-2-1-3-9-15)17-11-4-5-12-18(17)24-20/h1-14,24H,(H,25,26)/b23-14+. The van der Waals surface area contributed by atoms with Crippen LogP contribution in [0.2, 0.25) is 0 Å². The number of hydrogen-bond donors (Lipinski definition) is 2. The molecule has 0 atom stereocenters. The van der Waals surface area contributed by atoms with E-state index in [4.69, 9.17) is 0 Å². The first kappa shape index (κ1) is 15.8. The molecule has 0 aliphatic heterocycles. The SMILES string of the molecule is O=C(N/N=C/c1ccccn1)c1[nH]c2ccccc2c1-c1ccccc1. The van der Waals surface area contributed by atoms with Gasteiger partial charge in [0, 0.05) is 22.7 Å². The van der Waals surface area contributed by atoms with Gasteiger partial charge in [-0.05, 0) is 23.8 Å². The molecule has 0 aliphatic rings. The topological polar surface area (TPSA) is 70.1 Å². The molecule has 2 N–H and O–H groups in total. The molecule has 4 aromatic rings. The lowest BCUT2D eigenvalue weighted by Gasteiger charge is -2.04. The van der Waals surface area contributed by atoms with Crippen molar-refractivity contribution >= 4 is 23.0 Å². The summed E-state index contributed by atoms with van der Waals surface area (Å²) in [7, 11) is 0. The molecule has 0 fully saturated rings. The number of rotatable bonds is 4. The highest BCUT2D eigenvalue weighted by atomic mass is 16.2. The molecule has 4 rings (SSSR count). The summed E-state index contributed by atoms with van der Waals surface area (Å²) < 4.78 is 0. The highest BCUT2D eigenvalue weighted by Gasteiger charge is 2.18. The smallest absolute Gasteiger partial charge is 0.288 e. The maximum atomic E-state index is 12.7. The van der Waals surface area contributed by atoms with Crippen LogP contribution in [0.15, 0.2) is 84.1 Å². The van der Waals surface area contributed by atoms with Gasteiger partial charge in [0.2, 0.25) is 0 Å². The number of aromatic amines is 1. The van der Waals surface area contributed by atoms with Gasteiger partial charge in [-0.25, -0.2) is 5.43 Å². The van der Waals surface area contributed by atoms with Crippen LogP contribution in [0.5, 0.6) is 0 Å². The van der Waals surface area contributed by atoms with Gasteiger partial charge in [-0.3, -0.25) is 9.78 Å². The molecule has 2 aromatic carbocycles. The fourth-order valence-electron chi connectivity index (χ4n) is 2.88. The van der Waals surface area contributed by atoms with E-state index in [0.717, 1.165) is 22.0 Å². The fourth-order valence-corrected chi connectivity index (χ4v) is 2.88. The summed E-state index contributed by atoms with van der Waals surface area (Å²) in [6.07, 6.45) is 3.19. The quantitative estimate of drug-likeness (QED) is 0.435. The second kappa shape index (κ2) is 7.03. The van der Waals surface area contributed by atoms with Crippen molar-refractivity contribution in [3.8, 4) is 11.1 Å². The minimum Gasteiger partial charge on any atom is -0.350 e. The Balaban J connectivity index is 1.69. The van der Waals surface area contributed by atoms with Crippen LogP contribution >= 0.6 is 0 Å². The third-order valence-electron chi connectivity index (χ3n) is 4.05. The van der Waals surface area contributed by atoms with Crippen LogP contribution in [0, 0.1) is 0 Å². The maximum absolute atomic E-state index is 12.7. The van der Waals surface area contributed by atoms with Gasteiger partial charge in [0.05, 0.1) is 11.9 Å². The zero-order valence-electron chi connectivity index (χ0n) is 13.9. The van der Waals surface area contributed by atoms with Gasteiger partial charge in [-0.2, -0.15) is 5.10 Å². The number of carbonyl (C=O) groups is 1. The monoisotopic (exact) mass is 340 g/mol. The molecule has 1 amide bonds. The molecular formula is C21H16N4O. The number of carbonyl (C=O) groups excluding carboxylic acids is 1. The molecule has 0 spiro atoms. The predicted molar refractivity (Wildman–Crippen MR) is 103 cm³/mol. The number of nitrogens with zero attached hydrogens (tertiary/aromatic N) is 2. The minimum atomic E-state index is -0.299. The Kier molecular flexibility index (Phi) is 4.26. The Bertz CT molecular complexity index is 1070. The van der Waals surface area contributed by atoms with Gasteiger partial charge in [0.1, 0.15) is 5.69 Å². The van der Waals surface area contributed by atoms with Gasteiger partial charge < -0.3 is 4.98 Å². The molecule has 0 radical (unpaired) electrons. The number of fused-ring (bicyclic) bond motifs is 1. The van der Waals surface area contributed by atoms with Gasteiger partial charge in [-0.15, -0.1) is 0 Å². The largest absolute Gasteiger partial charge is 0.350 e.